The summed E-state index contributed by atoms with van der Waals surface area (Å²) in [5.74, 6) is 5.29. The first-order valence-electron chi connectivity index (χ1n) is 10.5. The largest absolute Gasteiger partial charge is 0.477 e. The number of hydrogen-bond acceptors (Lipinski definition) is 6. The third kappa shape index (κ3) is 6.38. The van der Waals surface area contributed by atoms with Crippen LogP contribution in [0.15, 0.2) is 6.07 Å². The van der Waals surface area contributed by atoms with Gasteiger partial charge in [0.2, 0.25) is 0 Å². The van der Waals surface area contributed by atoms with Gasteiger partial charge in [-0.25, -0.2) is 9.59 Å². The number of carbonyl (C=O) groups is 2. The third-order valence-corrected chi connectivity index (χ3v) is 6.16. The number of hydrogen-bond donors (Lipinski definition) is 3. The molecule has 1 aromatic rings. The molecule has 3 rings (SSSR count). The lowest BCUT2D eigenvalue weighted by atomic mass is 9.98. The number of carboxylic acid groups (broad SMARTS) is 1. The van der Waals surface area contributed by atoms with Gasteiger partial charge in [-0.2, -0.15) is 0 Å². The zero-order chi connectivity index (χ0) is 21.7. The SMILES string of the molecule is CC(C)(C)C#Cc1cc(NC2CCN(C(=O)O[C@@H]3CCCNC3)CC2)c(C(=O)O)s1. The lowest BCUT2D eigenvalue weighted by Crippen LogP contribution is -2.45. The van der Waals surface area contributed by atoms with Crippen molar-refractivity contribution in [3.8, 4) is 11.8 Å². The van der Waals surface area contributed by atoms with E-state index in [4.69, 9.17) is 4.74 Å². The van der Waals surface area contributed by atoms with Crippen LogP contribution >= 0.6 is 11.3 Å². The molecule has 3 heterocycles. The molecule has 8 heteroatoms. The highest BCUT2D eigenvalue weighted by Gasteiger charge is 2.27. The molecule has 0 radical (unpaired) electrons. The van der Waals surface area contributed by atoms with Crippen molar-refractivity contribution < 1.29 is 19.4 Å². The smallest absolute Gasteiger partial charge is 0.410 e. The normalized spacial score (nSPS) is 20.2. The van der Waals surface area contributed by atoms with Gasteiger partial charge in [0.1, 0.15) is 11.0 Å². The molecule has 0 unspecified atom stereocenters. The van der Waals surface area contributed by atoms with Gasteiger partial charge >= 0.3 is 12.1 Å². The van der Waals surface area contributed by atoms with Crippen LogP contribution < -0.4 is 10.6 Å². The second-order valence-electron chi connectivity index (χ2n) is 8.92. The first-order chi connectivity index (χ1) is 14.2. The summed E-state index contributed by atoms with van der Waals surface area (Å²) in [6.45, 7) is 8.97. The maximum atomic E-state index is 12.4. The van der Waals surface area contributed by atoms with Gasteiger partial charge in [0, 0.05) is 31.1 Å². The summed E-state index contributed by atoms with van der Waals surface area (Å²) in [7, 11) is 0. The van der Waals surface area contributed by atoms with Gasteiger partial charge in [-0.15, -0.1) is 11.3 Å². The minimum absolute atomic E-state index is 0.0429. The van der Waals surface area contributed by atoms with Crippen molar-refractivity contribution in [3.05, 3.63) is 15.8 Å². The van der Waals surface area contributed by atoms with Gasteiger partial charge < -0.3 is 25.4 Å². The molecule has 2 aliphatic rings. The Morgan fingerprint density at radius 3 is 2.63 bits per heavy atom. The number of ether oxygens (including phenoxy) is 1. The fraction of sp³-hybridized carbons (Fsp3) is 0.636. The Morgan fingerprint density at radius 2 is 2.03 bits per heavy atom. The van der Waals surface area contributed by atoms with E-state index in [1.165, 1.54) is 11.3 Å². The van der Waals surface area contributed by atoms with E-state index in [0.29, 0.717) is 18.8 Å². The summed E-state index contributed by atoms with van der Waals surface area (Å²) in [6.07, 6.45) is 3.14. The number of nitrogens with one attached hydrogen (secondary N) is 2. The first-order valence-corrected chi connectivity index (χ1v) is 11.4. The average Bonchev–Trinajstić information content (AvgIpc) is 3.10. The molecular formula is C22H31N3O4S. The van der Waals surface area contributed by atoms with Crippen molar-refractivity contribution >= 4 is 29.1 Å². The maximum Gasteiger partial charge on any atom is 0.410 e. The molecule has 0 saturated carbocycles. The highest BCUT2D eigenvalue weighted by atomic mass is 32.1. The number of thiophene rings is 1. The number of nitrogens with zero attached hydrogens (tertiary/aromatic N) is 1. The Kier molecular flexibility index (Phi) is 7.27. The molecule has 164 valence electrons. The summed E-state index contributed by atoms with van der Waals surface area (Å²) in [5, 5.41) is 16.2. The van der Waals surface area contributed by atoms with Crippen LogP contribution in [0.4, 0.5) is 10.5 Å². The van der Waals surface area contributed by atoms with Crippen molar-refractivity contribution in [2.75, 3.05) is 31.5 Å². The summed E-state index contributed by atoms with van der Waals surface area (Å²) in [6, 6.07) is 1.94. The number of amides is 1. The number of anilines is 1. The Morgan fingerprint density at radius 1 is 1.30 bits per heavy atom. The number of rotatable bonds is 4. The van der Waals surface area contributed by atoms with E-state index in [2.05, 4.69) is 22.5 Å². The van der Waals surface area contributed by atoms with E-state index >= 15 is 0 Å². The van der Waals surface area contributed by atoms with Gasteiger partial charge in [-0.3, -0.25) is 0 Å². The molecule has 2 aliphatic heterocycles. The van der Waals surface area contributed by atoms with Crippen LogP contribution in [0.2, 0.25) is 0 Å². The Balaban J connectivity index is 1.56. The zero-order valence-electron chi connectivity index (χ0n) is 17.9. The van der Waals surface area contributed by atoms with E-state index in [1.807, 2.05) is 26.8 Å². The average molecular weight is 434 g/mol. The summed E-state index contributed by atoms with van der Waals surface area (Å²) >= 11 is 1.20. The second-order valence-corrected chi connectivity index (χ2v) is 9.97. The van der Waals surface area contributed by atoms with Crippen LogP contribution in [0, 0.1) is 17.3 Å². The molecule has 2 fully saturated rings. The van der Waals surface area contributed by atoms with Crippen molar-refractivity contribution in [2.24, 2.45) is 5.41 Å². The minimum Gasteiger partial charge on any atom is -0.477 e. The molecular weight excluding hydrogens is 402 g/mol. The van der Waals surface area contributed by atoms with Crippen molar-refractivity contribution in [2.45, 2.75) is 58.6 Å². The van der Waals surface area contributed by atoms with E-state index in [-0.39, 0.29) is 28.5 Å². The topological polar surface area (TPSA) is 90.9 Å². The maximum absolute atomic E-state index is 12.4. The van der Waals surface area contributed by atoms with Gasteiger partial charge in [-0.1, -0.05) is 11.8 Å². The molecule has 3 N–H and O–H groups in total. The second kappa shape index (κ2) is 9.71. The van der Waals surface area contributed by atoms with Crippen LogP contribution in [0.3, 0.4) is 0 Å². The molecule has 7 nitrogen and oxygen atoms in total. The lowest BCUT2D eigenvalue weighted by Gasteiger charge is -2.33. The number of aromatic carboxylic acids is 1. The van der Waals surface area contributed by atoms with Gasteiger partial charge in [0.15, 0.2) is 0 Å². The highest BCUT2D eigenvalue weighted by Crippen LogP contribution is 2.29. The molecule has 0 aliphatic carbocycles. The molecule has 30 heavy (non-hydrogen) atoms. The van der Waals surface area contributed by atoms with Crippen LogP contribution in [-0.2, 0) is 4.74 Å². The number of carbonyl (C=O) groups excluding carboxylic acids is 1. The fourth-order valence-electron chi connectivity index (χ4n) is 3.53. The van der Waals surface area contributed by atoms with Crippen molar-refractivity contribution in [3.63, 3.8) is 0 Å². The third-order valence-electron chi connectivity index (χ3n) is 5.12. The van der Waals surface area contributed by atoms with Crippen molar-refractivity contribution in [1.82, 2.24) is 10.2 Å². The van der Waals surface area contributed by atoms with Gasteiger partial charge in [-0.05, 0) is 59.1 Å². The van der Waals surface area contributed by atoms with Gasteiger partial charge in [0.05, 0.1) is 10.6 Å². The summed E-state index contributed by atoms with van der Waals surface area (Å²) < 4.78 is 5.61. The molecule has 1 amide bonds. The minimum atomic E-state index is -0.951. The molecule has 2 saturated heterocycles. The summed E-state index contributed by atoms with van der Waals surface area (Å²) in [5.41, 5.74) is 0.468. The number of likely N-dealkylation sites (tertiary alicyclic amines) is 1. The monoisotopic (exact) mass is 433 g/mol. The van der Waals surface area contributed by atoms with E-state index in [9.17, 15) is 14.7 Å². The standard InChI is InChI=1S/C22H31N3O4S/c1-22(2,3)9-6-17-13-18(19(30-17)20(26)27)24-15-7-11-25(12-8-15)21(28)29-16-5-4-10-23-14-16/h13,15-16,23-24H,4-5,7-8,10-12,14H2,1-3H3,(H,26,27)/t16-/m1/s1. The zero-order valence-corrected chi connectivity index (χ0v) is 18.7. The Bertz CT molecular complexity index is 820. The Hall–Kier alpha value is -2.24. The first kappa shape index (κ1) is 22.4. The molecule has 0 spiro atoms. The van der Waals surface area contributed by atoms with E-state index in [0.717, 1.165) is 43.6 Å². The Labute approximate surface area is 182 Å². The number of piperidine rings is 2. The number of carboxylic acids is 1. The molecule has 0 bridgehead atoms. The predicted molar refractivity (Wildman–Crippen MR) is 118 cm³/mol. The van der Waals surface area contributed by atoms with Crippen LogP contribution in [0.1, 0.15) is 61.0 Å². The predicted octanol–water partition coefficient (Wildman–Crippen LogP) is 3.61. The molecule has 0 aromatic carbocycles. The lowest BCUT2D eigenvalue weighted by molar-refractivity contribution is 0.0466. The van der Waals surface area contributed by atoms with Crippen LogP contribution in [-0.4, -0.2) is 60.4 Å². The van der Waals surface area contributed by atoms with Crippen LogP contribution in [0.5, 0.6) is 0 Å². The summed E-state index contributed by atoms with van der Waals surface area (Å²) in [4.78, 5) is 26.8. The van der Waals surface area contributed by atoms with Crippen LogP contribution in [0.25, 0.3) is 0 Å². The molecule has 1 aromatic heterocycles. The van der Waals surface area contributed by atoms with Crippen molar-refractivity contribution in [1.29, 1.82) is 0 Å². The van der Waals surface area contributed by atoms with Gasteiger partial charge in [0.25, 0.3) is 0 Å². The highest BCUT2D eigenvalue weighted by molar-refractivity contribution is 7.15. The van der Waals surface area contributed by atoms with E-state index < -0.39 is 5.97 Å². The van der Waals surface area contributed by atoms with E-state index in [1.54, 1.807) is 4.90 Å². The quantitative estimate of drug-likeness (QED) is 0.629. The molecule has 1 atom stereocenters. The fourth-order valence-corrected chi connectivity index (χ4v) is 4.35.